The van der Waals surface area contributed by atoms with Crippen LogP contribution in [0.4, 0.5) is 13.6 Å². The maximum atomic E-state index is 14.1. The quantitative estimate of drug-likeness (QED) is 0.672. The molecular formula is C27H41F2N5O2. The molecule has 0 radical (unpaired) electrons. The summed E-state index contributed by atoms with van der Waals surface area (Å²) in [5.74, 6) is -2.64. The Morgan fingerprint density at radius 1 is 1.22 bits per heavy atom. The standard InChI is InChI=1S/C27H41F2N5O2/c1-17(2)27(9-7-22(12-27)33-14-18(3)34(19(4)15-33)25(36)30-6)24(35)32-10-8-23-20(16-32)11-21(13-31-23)26(5,28)29/h11,13,17-19,22H,7-10,12,14-16H2,1-6H3,(H,30,36)/t18?,19?,22-,27+/m1/s1. The number of amides is 3. The molecule has 0 bridgehead atoms. The smallest absolute Gasteiger partial charge is 0.317 e. The van der Waals surface area contributed by atoms with E-state index in [9.17, 15) is 18.4 Å². The number of urea groups is 1. The van der Waals surface area contributed by atoms with Crippen LogP contribution in [0.25, 0.3) is 0 Å². The molecule has 3 amide bonds. The molecule has 3 aliphatic rings. The molecule has 4 rings (SSSR count). The summed E-state index contributed by atoms with van der Waals surface area (Å²) in [4.78, 5) is 37.0. The first-order valence-electron chi connectivity index (χ1n) is 13.3. The van der Waals surface area contributed by atoms with E-state index in [0.717, 1.165) is 50.5 Å². The number of hydrogen-bond acceptors (Lipinski definition) is 4. The number of hydrogen-bond donors (Lipinski definition) is 1. The summed E-state index contributed by atoms with van der Waals surface area (Å²) in [6.45, 7) is 11.8. The Hall–Kier alpha value is -2.29. The number of alkyl halides is 2. The highest BCUT2D eigenvalue weighted by Gasteiger charge is 2.51. The number of halogens is 2. The van der Waals surface area contributed by atoms with Crippen LogP contribution in [0.5, 0.6) is 0 Å². The molecule has 1 aromatic rings. The van der Waals surface area contributed by atoms with Crippen molar-refractivity contribution in [2.24, 2.45) is 11.3 Å². The van der Waals surface area contributed by atoms with Crippen LogP contribution in [0.2, 0.25) is 0 Å². The molecule has 1 aliphatic carbocycles. The molecule has 3 heterocycles. The third kappa shape index (κ3) is 4.83. The van der Waals surface area contributed by atoms with E-state index in [1.54, 1.807) is 7.05 Å². The SMILES string of the molecule is CNC(=O)N1C(C)CN([C@@H]2CC[C@@](C(=O)N3CCc4ncc(C(C)(F)F)cc4C3)(C(C)C)C2)CC1C. The maximum Gasteiger partial charge on any atom is 0.317 e. The van der Waals surface area contributed by atoms with E-state index in [4.69, 9.17) is 0 Å². The fourth-order valence-electron chi connectivity index (χ4n) is 6.67. The molecular weight excluding hydrogens is 464 g/mol. The van der Waals surface area contributed by atoms with Crippen LogP contribution in [0.1, 0.15) is 70.7 Å². The number of aromatic nitrogens is 1. The lowest BCUT2D eigenvalue weighted by Gasteiger charge is -2.47. The van der Waals surface area contributed by atoms with E-state index in [-0.39, 0.29) is 41.5 Å². The maximum absolute atomic E-state index is 14.1. The largest absolute Gasteiger partial charge is 0.341 e. The topological polar surface area (TPSA) is 68.8 Å². The van der Waals surface area contributed by atoms with Crippen molar-refractivity contribution in [3.05, 3.63) is 29.1 Å². The highest BCUT2D eigenvalue weighted by atomic mass is 19.3. The third-order valence-electron chi connectivity index (χ3n) is 8.80. The molecule has 0 aromatic carbocycles. The van der Waals surface area contributed by atoms with Gasteiger partial charge in [-0.05, 0) is 50.7 Å². The summed E-state index contributed by atoms with van der Waals surface area (Å²) < 4.78 is 27.8. The Balaban J connectivity index is 1.49. The molecule has 2 unspecified atom stereocenters. The molecule has 200 valence electrons. The zero-order chi connectivity index (χ0) is 26.4. The molecule has 7 nitrogen and oxygen atoms in total. The number of fused-ring (bicyclic) bond motifs is 1. The summed E-state index contributed by atoms with van der Waals surface area (Å²) in [5, 5.41) is 2.75. The minimum absolute atomic E-state index is 0.0448. The van der Waals surface area contributed by atoms with Gasteiger partial charge in [0.25, 0.3) is 5.92 Å². The number of pyridine rings is 1. The molecule has 36 heavy (non-hydrogen) atoms. The van der Waals surface area contributed by atoms with Gasteiger partial charge in [0.15, 0.2) is 0 Å². The minimum Gasteiger partial charge on any atom is -0.341 e. The zero-order valence-electron chi connectivity index (χ0n) is 22.5. The second-order valence-electron chi connectivity index (χ2n) is 11.5. The average Bonchev–Trinajstić information content (AvgIpc) is 3.28. The van der Waals surface area contributed by atoms with Gasteiger partial charge in [0.05, 0.1) is 5.41 Å². The zero-order valence-corrected chi connectivity index (χ0v) is 22.5. The monoisotopic (exact) mass is 505 g/mol. The Kier molecular flexibility index (Phi) is 7.34. The van der Waals surface area contributed by atoms with Gasteiger partial charge in [-0.3, -0.25) is 14.7 Å². The number of carbonyl (C=O) groups is 2. The van der Waals surface area contributed by atoms with E-state index in [1.807, 2.05) is 9.80 Å². The molecule has 9 heteroatoms. The van der Waals surface area contributed by atoms with Crippen molar-refractivity contribution < 1.29 is 18.4 Å². The molecule has 1 aromatic heterocycles. The van der Waals surface area contributed by atoms with Gasteiger partial charge in [0, 0.05) is 82.2 Å². The highest BCUT2D eigenvalue weighted by molar-refractivity contribution is 5.84. The van der Waals surface area contributed by atoms with Gasteiger partial charge in [-0.15, -0.1) is 0 Å². The van der Waals surface area contributed by atoms with Crippen LogP contribution < -0.4 is 5.32 Å². The summed E-state index contributed by atoms with van der Waals surface area (Å²) in [6, 6.07) is 1.95. The van der Waals surface area contributed by atoms with Crippen LogP contribution in [0.3, 0.4) is 0 Å². The molecule has 1 saturated carbocycles. The normalized spacial score (nSPS) is 29.4. The van der Waals surface area contributed by atoms with Crippen molar-refractivity contribution in [3.8, 4) is 0 Å². The van der Waals surface area contributed by atoms with Crippen LogP contribution in [-0.2, 0) is 23.7 Å². The van der Waals surface area contributed by atoms with Gasteiger partial charge in [-0.2, -0.15) is 0 Å². The number of rotatable bonds is 4. The van der Waals surface area contributed by atoms with Gasteiger partial charge >= 0.3 is 6.03 Å². The number of nitrogens with one attached hydrogen (secondary N) is 1. The Morgan fingerprint density at radius 3 is 2.47 bits per heavy atom. The second kappa shape index (κ2) is 9.88. The van der Waals surface area contributed by atoms with Gasteiger partial charge in [-0.25, -0.2) is 13.6 Å². The minimum atomic E-state index is -2.96. The lowest BCUT2D eigenvalue weighted by molar-refractivity contribution is -0.146. The summed E-state index contributed by atoms with van der Waals surface area (Å²) in [7, 11) is 1.66. The van der Waals surface area contributed by atoms with Crippen LogP contribution >= 0.6 is 0 Å². The predicted octanol–water partition coefficient (Wildman–Crippen LogP) is 4.01. The summed E-state index contributed by atoms with van der Waals surface area (Å²) >= 11 is 0. The lowest BCUT2D eigenvalue weighted by Crippen LogP contribution is -2.62. The predicted molar refractivity (Wildman–Crippen MR) is 135 cm³/mol. The van der Waals surface area contributed by atoms with Gasteiger partial charge in [0.2, 0.25) is 5.91 Å². The van der Waals surface area contributed by atoms with Crippen molar-refractivity contribution in [1.82, 2.24) is 25.0 Å². The third-order valence-corrected chi connectivity index (χ3v) is 8.80. The first-order valence-corrected chi connectivity index (χ1v) is 13.3. The van der Waals surface area contributed by atoms with Crippen molar-refractivity contribution >= 4 is 11.9 Å². The fraction of sp³-hybridized carbons (Fsp3) is 0.741. The molecule has 2 aliphatic heterocycles. The van der Waals surface area contributed by atoms with Gasteiger partial charge < -0.3 is 15.1 Å². The molecule has 4 atom stereocenters. The second-order valence-corrected chi connectivity index (χ2v) is 11.5. The number of carbonyl (C=O) groups excluding carboxylic acids is 2. The first-order chi connectivity index (χ1) is 16.9. The van der Waals surface area contributed by atoms with E-state index in [0.29, 0.717) is 19.5 Å². The Labute approximate surface area is 213 Å². The van der Waals surface area contributed by atoms with Crippen molar-refractivity contribution in [1.29, 1.82) is 0 Å². The lowest BCUT2D eigenvalue weighted by atomic mass is 9.73. The van der Waals surface area contributed by atoms with E-state index in [1.165, 1.54) is 12.3 Å². The van der Waals surface area contributed by atoms with E-state index >= 15 is 0 Å². The van der Waals surface area contributed by atoms with Crippen molar-refractivity contribution in [2.75, 3.05) is 26.7 Å². The summed E-state index contributed by atoms with van der Waals surface area (Å²) in [6.07, 6.45) is 4.41. The van der Waals surface area contributed by atoms with E-state index < -0.39 is 11.3 Å². The summed E-state index contributed by atoms with van der Waals surface area (Å²) in [5.41, 5.74) is 0.975. The fourth-order valence-corrected chi connectivity index (χ4v) is 6.67. The van der Waals surface area contributed by atoms with Crippen LogP contribution in [0, 0.1) is 11.3 Å². The molecule has 2 fully saturated rings. The average molecular weight is 506 g/mol. The van der Waals surface area contributed by atoms with Gasteiger partial charge in [0.1, 0.15) is 0 Å². The van der Waals surface area contributed by atoms with Crippen LogP contribution in [0.15, 0.2) is 12.3 Å². The first kappa shape index (κ1) is 26.8. The van der Waals surface area contributed by atoms with Crippen molar-refractivity contribution in [3.63, 3.8) is 0 Å². The number of nitrogens with zero attached hydrogens (tertiary/aromatic N) is 4. The van der Waals surface area contributed by atoms with E-state index in [2.05, 4.69) is 42.9 Å². The highest BCUT2D eigenvalue weighted by Crippen LogP contribution is 2.48. The molecule has 1 N–H and O–H groups in total. The Bertz CT molecular complexity index is 985. The number of piperazine rings is 1. The Morgan fingerprint density at radius 2 is 1.89 bits per heavy atom. The van der Waals surface area contributed by atoms with Gasteiger partial charge in [-0.1, -0.05) is 13.8 Å². The molecule has 0 spiro atoms. The van der Waals surface area contributed by atoms with Crippen LogP contribution in [-0.4, -0.2) is 76.4 Å². The van der Waals surface area contributed by atoms with Crippen molar-refractivity contribution in [2.45, 2.75) is 90.9 Å². The molecule has 1 saturated heterocycles.